The predicted molar refractivity (Wildman–Crippen MR) is 66.4 cm³/mol. The third kappa shape index (κ3) is 1.30. The molecule has 0 amide bonds. The molecule has 0 spiro atoms. The molecule has 84 valence electrons. The van der Waals surface area contributed by atoms with Gasteiger partial charge in [-0.15, -0.1) is 0 Å². The molecule has 3 rings (SSSR count). The molecule has 1 aliphatic carbocycles. The fraction of sp³-hybridized carbons (Fsp3) is 0.133. The minimum Gasteiger partial charge on any atom is -0.508 e. The summed E-state index contributed by atoms with van der Waals surface area (Å²) >= 11 is 0. The molecular formula is C15H12O2. The Morgan fingerprint density at radius 3 is 2.47 bits per heavy atom. The molecule has 0 aromatic heterocycles. The SMILES string of the molecule is Cc1cc(C)c2c(c1)-c1ccc(O)cc1C2=O. The molecule has 0 atom stereocenters. The summed E-state index contributed by atoms with van der Waals surface area (Å²) in [5, 5.41) is 9.46. The van der Waals surface area contributed by atoms with Crippen LogP contribution in [0.1, 0.15) is 27.0 Å². The van der Waals surface area contributed by atoms with E-state index in [0.717, 1.165) is 27.8 Å². The number of phenols is 1. The number of aryl methyl sites for hydroxylation is 2. The molecule has 2 aromatic rings. The van der Waals surface area contributed by atoms with Crippen molar-refractivity contribution >= 4 is 5.78 Å². The van der Waals surface area contributed by atoms with Crippen molar-refractivity contribution in [2.45, 2.75) is 13.8 Å². The molecule has 1 aliphatic rings. The lowest BCUT2D eigenvalue weighted by molar-refractivity contribution is 0.104. The number of carbonyl (C=O) groups is 1. The monoisotopic (exact) mass is 224 g/mol. The first-order chi connectivity index (χ1) is 8.08. The maximum Gasteiger partial charge on any atom is 0.194 e. The number of phenolic OH excluding ortho intramolecular Hbond substituents is 1. The van der Waals surface area contributed by atoms with Gasteiger partial charge in [-0.2, -0.15) is 0 Å². The van der Waals surface area contributed by atoms with E-state index in [1.165, 1.54) is 0 Å². The normalized spacial score (nSPS) is 12.5. The van der Waals surface area contributed by atoms with E-state index in [9.17, 15) is 9.90 Å². The van der Waals surface area contributed by atoms with Crippen LogP contribution in [0.5, 0.6) is 5.75 Å². The summed E-state index contributed by atoms with van der Waals surface area (Å²) in [5.74, 6) is 0.155. The molecule has 17 heavy (non-hydrogen) atoms. The quantitative estimate of drug-likeness (QED) is 0.636. The fourth-order valence-electron chi connectivity index (χ4n) is 2.57. The third-order valence-electron chi connectivity index (χ3n) is 3.24. The number of benzene rings is 2. The maximum atomic E-state index is 12.3. The summed E-state index contributed by atoms with van der Waals surface area (Å²) in [6.07, 6.45) is 0. The van der Waals surface area contributed by atoms with E-state index < -0.39 is 0 Å². The fourth-order valence-corrected chi connectivity index (χ4v) is 2.57. The Hall–Kier alpha value is -2.09. The molecule has 0 aliphatic heterocycles. The van der Waals surface area contributed by atoms with Crippen LogP contribution in [0.2, 0.25) is 0 Å². The molecule has 0 radical (unpaired) electrons. The van der Waals surface area contributed by atoms with E-state index in [1.807, 2.05) is 32.0 Å². The summed E-state index contributed by atoms with van der Waals surface area (Å²) in [6, 6.07) is 9.03. The lowest BCUT2D eigenvalue weighted by Crippen LogP contribution is -1.98. The summed E-state index contributed by atoms with van der Waals surface area (Å²) in [5.41, 5.74) is 5.44. The highest BCUT2D eigenvalue weighted by Crippen LogP contribution is 2.40. The standard InChI is InChI=1S/C15H12O2/c1-8-5-9(2)14-12(6-8)11-4-3-10(16)7-13(11)15(14)17/h3-7,16H,1-2H3. The van der Waals surface area contributed by atoms with Gasteiger partial charge in [0.15, 0.2) is 5.78 Å². The van der Waals surface area contributed by atoms with Crippen molar-refractivity contribution in [1.29, 1.82) is 0 Å². The molecular weight excluding hydrogens is 212 g/mol. The van der Waals surface area contributed by atoms with E-state index in [1.54, 1.807) is 12.1 Å². The number of ketones is 1. The van der Waals surface area contributed by atoms with Crippen LogP contribution in [0.25, 0.3) is 11.1 Å². The Bertz CT molecular complexity index is 654. The lowest BCUT2D eigenvalue weighted by atomic mass is 9.99. The van der Waals surface area contributed by atoms with Crippen LogP contribution < -0.4 is 0 Å². The van der Waals surface area contributed by atoms with Crippen LogP contribution >= 0.6 is 0 Å². The van der Waals surface area contributed by atoms with E-state index in [0.29, 0.717) is 5.56 Å². The molecule has 0 bridgehead atoms. The van der Waals surface area contributed by atoms with Gasteiger partial charge in [0, 0.05) is 11.1 Å². The second kappa shape index (κ2) is 3.20. The highest BCUT2D eigenvalue weighted by molar-refractivity contribution is 6.22. The van der Waals surface area contributed by atoms with Gasteiger partial charge < -0.3 is 5.11 Å². The molecule has 0 heterocycles. The van der Waals surface area contributed by atoms with Gasteiger partial charge in [0.25, 0.3) is 0 Å². The Morgan fingerprint density at radius 2 is 1.71 bits per heavy atom. The molecule has 0 saturated heterocycles. The van der Waals surface area contributed by atoms with Gasteiger partial charge in [0.1, 0.15) is 5.75 Å². The summed E-state index contributed by atoms with van der Waals surface area (Å²) in [4.78, 5) is 12.3. The van der Waals surface area contributed by atoms with Crippen LogP contribution in [-0.2, 0) is 0 Å². The van der Waals surface area contributed by atoms with Gasteiger partial charge in [0.2, 0.25) is 0 Å². The predicted octanol–water partition coefficient (Wildman–Crippen LogP) is 3.22. The van der Waals surface area contributed by atoms with Crippen molar-refractivity contribution in [1.82, 2.24) is 0 Å². The maximum absolute atomic E-state index is 12.3. The number of aromatic hydroxyl groups is 1. The highest BCUT2D eigenvalue weighted by Gasteiger charge is 2.28. The third-order valence-corrected chi connectivity index (χ3v) is 3.24. The first-order valence-corrected chi connectivity index (χ1v) is 5.57. The van der Waals surface area contributed by atoms with Crippen LogP contribution in [0, 0.1) is 13.8 Å². The van der Waals surface area contributed by atoms with Crippen molar-refractivity contribution in [3.63, 3.8) is 0 Å². The zero-order chi connectivity index (χ0) is 12.2. The molecule has 0 unspecified atom stereocenters. The number of carbonyl (C=O) groups excluding carboxylic acids is 1. The van der Waals surface area contributed by atoms with Gasteiger partial charge >= 0.3 is 0 Å². The van der Waals surface area contributed by atoms with Crippen LogP contribution in [0.15, 0.2) is 30.3 Å². The van der Waals surface area contributed by atoms with Gasteiger partial charge in [-0.3, -0.25) is 4.79 Å². The Labute approximate surface area is 99.5 Å². The van der Waals surface area contributed by atoms with Gasteiger partial charge in [0.05, 0.1) is 0 Å². The molecule has 2 heteroatoms. The second-order valence-electron chi connectivity index (χ2n) is 4.56. The summed E-state index contributed by atoms with van der Waals surface area (Å²) in [6.45, 7) is 3.98. The minimum atomic E-state index is 0.0170. The zero-order valence-electron chi connectivity index (χ0n) is 9.74. The Morgan fingerprint density at radius 1 is 0.941 bits per heavy atom. The first kappa shape index (κ1) is 10.1. The smallest absolute Gasteiger partial charge is 0.194 e. The average molecular weight is 224 g/mol. The molecule has 2 nitrogen and oxygen atoms in total. The number of hydrogen-bond acceptors (Lipinski definition) is 2. The largest absolute Gasteiger partial charge is 0.508 e. The van der Waals surface area contributed by atoms with Gasteiger partial charge in [-0.05, 0) is 48.7 Å². The van der Waals surface area contributed by atoms with Crippen molar-refractivity contribution in [3.05, 3.63) is 52.6 Å². The summed E-state index contributed by atoms with van der Waals surface area (Å²) < 4.78 is 0. The van der Waals surface area contributed by atoms with Crippen molar-refractivity contribution in [3.8, 4) is 16.9 Å². The topological polar surface area (TPSA) is 37.3 Å². The molecule has 0 saturated carbocycles. The Balaban J connectivity index is 2.39. The first-order valence-electron chi connectivity index (χ1n) is 5.57. The van der Waals surface area contributed by atoms with Crippen LogP contribution in [0.4, 0.5) is 0 Å². The van der Waals surface area contributed by atoms with Crippen molar-refractivity contribution < 1.29 is 9.90 Å². The lowest BCUT2D eigenvalue weighted by Gasteiger charge is -2.04. The molecule has 1 N–H and O–H groups in total. The van der Waals surface area contributed by atoms with Crippen LogP contribution in [0.3, 0.4) is 0 Å². The van der Waals surface area contributed by atoms with E-state index in [4.69, 9.17) is 0 Å². The van der Waals surface area contributed by atoms with E-state index in [2.05, 4.69) is 0 Å². The zero-order valence-corrected chi connectivity index (χ0v) is 9.74. The van der Waals surface area contributed by atoms with Crippen molar-refractivity contribution in [2.24, 2.45) is 0 Å². The summed E-state index contributed by atoms with van der Waals surface area (Å²) in [7, 11) is 0. The average Bonchev–Trinajstić information content (AvgIpc) is 2.52. The molecule has 2 aromatic carbocycles. The van der Waals surface area contributed by atoms with E-state index >= 15 is 0 Å². The minimum absolute atomic E-state index is 0.0170. The van der Waals surface area contributed by atoms with Gasteiger partial charge in [-0.1, -0.05) is 17.7 Å². The number of rotatable bonds is 0. The van der Waals surface area contributed by atoms with Gasteiger partial charge in [-0.25, -0.2) is 0 Å². The van der Waals surface area contributed by atoms with E-state index in [-0.39, 0.29) is 11.5 Å². The number of hydrogen-bond donors (Lipinski definition) is 1. The number of fused-ring (bicyclic) bond motifs is 3. The second-order valence-corrected chi connectivity index (χ2v) is 4.56. The highest BCUT2D eigenvalue weighted by atomic mass is 16.3. The molecule has 0 fully saturated rings. The van der Waals surface area contributed by atoms with Crippen molar-refractivity contribution in [2.75, 3.05) is 0 Å². The van der Waals surface area contributed by atoms with Crippen LogP contribution in [-0.4, -0.2) is 10.9 Å². The Kier molecular flexibility index (Phi) is 1.90.